The fourth-order valence-corrected chi connectivity index (χ4v) is 5.36. The number of amides is 1. The summed E-state index contributed by atoms with van der Waals surface area (Å²) >= 11 is 0. The van der Waals surface area contributed by atoms with Gasteiger partial charge < -0.3 is 19.1 Å². The molecule has 3 aliphatic rings. The monoisotopic (exact) mass is 500 g/mol. The molecule has 2 aromatic rings. The van der Waals surface area contributed by atoms with Crippen LogP contribution in [0, 0.1) is 0 Å². The fraction of sp³-hybridized carbons (Fsp3) is 0.583. The standard InChI is InChI=1S/C24H32N6O4S/c1-24(2)12-18-17(14-33-24)16-13-25-22(28-23(31)34-15-8-10-32-11-9-15)27-21(16)30(18)20-7-5-6-19(26-20)29-35(3)4/h5-7,13,15,17-18H,8-12,14H2,1-4H3,(H,25,27,28,31). The first-order chi connectivity index (χ1) is 16.8. The predicted molar refractivity (Wildman–Crippen MR) is 135 cm³/mol. The van der Waals surface area contributed by atoms with Crippen molar-refractivity contribution in [1.82, 2.24) is 15.0 Å². The molecule has 2 atom stereocenters. The van der Waals surface area contributed by atoms with Crippen LogP contribution in [-0.2, 0) is 24.9 Å². The summed E-state index contributed by atoms with van der Waals surface area (Å²) in [4.78, 5) is 28.7. The van der Waals surface area contributed by atoms with E-state index in [2.05, 4.69) is 45.9 Å². The molecule has 3 aliphatic heterocycles. The van der Waals surface area contributed by atoms with Gasteiger partial charge in [0, 0.05) is 36.6 Å². The van der Waals surface area contributed by atoms with Crippen LogP contribution in [0.5, 0.6) is 0 Å². The van der Waals surface area contributed by atoms with Crippen molar-refractivity contribution < 1.29 is 19.0 Å². The molecule has 0 saturated carbocycles. The molecule has 1 N–H and O–H groups in total. The summed E-state index contributed by atoms with van der Waals surface area (Å²) in [5.74, 6) is 2.51. The molecule has 11 heteroatoms. The number of nitrogens with zero attached hydrogens (tertiary/aromatic N) is 5. The van der Waals surface area contributed by atoms with Gasteiger partial charge in [-0.05, 0) is 44.9 Å². The molecule has 5 heterocycles. The van der Waals surface area contributed by atoms with Crippen LogP contribution >= 0.6 is 0 Å². The SMILES string of the molecule is CS(C)=Nc1cccc(N2c3nc(NC(=O)OC4CCOCC4)ncc3C3COC(C)(C)CC32)n1. The van der Waals surface area contributed by atoms with E-state index >= 15 is 0 Å². The van der Waals surface area contributed by atoms with E-state index in [1.54, 1.807) is 6.20 Å². The summed E-state index contributed by atoms with van der Waals surface area (Å²) in [6, 6.07) is 5.97. The van der Waals surface area contributed by atoms with Gasteiger partial charge in [-0.2, -0.15) is 4.98 Å². The van der Waals surface area contributed by atoms with Gasteiger partial charge in [0.15, 0.2) is 5.82 Å². The molecular formula is C24H32N6O4S. The van der Waals surface area contributed by atoms with Crippen molar-refractivity contribution in [3.05, 3.63) is 30.0 Å². The summed E-state index contributed by atoms with van der Waals surface area (Å²) in [7, 11) is -0.127. The Morgan fingerprint density at radius 2 is 2.06 bits per heavy atom. The van der Waals surface area contributed by atoms with E-state index in [4.69, 9.17) is 24.2 Å². The molecule has 0 bridgehead atoms. The van der Waals surface area contributed by atoms with E-state index in [0.29, 0.717) is 38.5 Å². The third kappa shape index (κ3) is 5.31. The van der Waals surface area contributed by atoms with Crippen LogP contribution in [0.4, 0.5) is 28.2 Å². The van der Waals surface area contributed by atoms with Gasteiger partial charge in [-0.1, -0.05) is 16.8 Å². The van der Waals surface area contributed by atoms with Crippen LogP contribution in [0.15, 0.2) is 28.8 Å². The highest BCUT2D eigenvalue weighted by molar-refractivity contribution is 7.85. The van der Waals surface area contributed by atoms with Crippen LogP contribution in [-0.4, -0.2) is 71.1 Å². The Morgan fingerprint density at radius 3 is 2.83 bits per heavy atom. The Hall–Kier alpha value is -2.63. The molecule has 2 saturated heterocycles. The van der Waals surface area contributed by atoms with Gasteiger partial charge in [-0.25, -0.2) is 19.1 Å². The van der Waals surface area contributed by atoms with Gasteiger partial charge >= 0.3 is 6.09 Å². The van der Waals surface area contributed by atoms with Crippen molar-refractivity contribution in [3.63, 3.8) is 0 Å². The van der Waals surface area contributed by atoms with Crippen molar-refractivity contribution in [2.24, 2.45) is 4.36 Å². The maximum Gasteiger partial charge on any atom is 0.414 e. The zero-order chi connectivity index (χ0) is 24.6. The molecule has 0 aromatic carbocycles. The number of carbonyl (C=O) groups excluding carboxylic acids is 1. The second kappa shape index (κ2) is 9.79. The minimum Gasteiger partial charge on any atom is -0.446 e. The Kier molecular flexibility index (Phi) is 6.73. The molecular weight excluding hydrogens is 468 g/mol. The Labute approximate surface area is 207 Å². The number of rotatable bonds is 4. The smallest absolute Gasteiger partial charge is 0.414 e. The first-order valence-electron chi connectivity index (χ1n) is 11.9. The highest BCUT2D eigenvalue weighted by Crippen LogP contribution is 2.49. The Morgan fingerprint density at radius 1 is 1.26 bits per heavy atom. The molecule has 35 heavy (non-hydrogen) atoms. The zero-order valence-electron chi connectivity index (χ0n) is 20.6. The van der Waals surface area contributed by atoms with Crippen molar-refractivity contribution in [1.29, 1.82) is 0 Å². The van der Waals surface area contributed by atoms with E-state index in [1.165, 1.54) is 0 Å². The summed E-state index contributed by atoms with van der Waals surface area (Å²) < 4.78 is 21.7. The van der Waals surface area contributed by atoms with Crippen LogP contribution in [0.3, 0.4) is 0 Å². The summed E-state index contributed by atoms with van der Waals surface area (Å²) in [5, 5.41) is 2.71. The normalized spacial score (nSPS) is 23.5. The number of anilines is 3. The number of aromatic nitrogens is 3. The van der Waals surface area contributed by atoms with Crippen molar-refractivity contribution in [2.75, 3.05) is 42.5 Å². The van der Waals surface area contributed by atoms with E-state index in [0.717, 1.165) is 23.6 Å². The molecule has 2 unspecified atom stereocenters. The summed E-state index contributed by atoms with van der Waals surface area (Å²) in [6.07, 6.45) is 7.37. The summed E-state index contributed by atoms with van der Waals surface area (Å²) in [5.41, 5.74) is 0.717. The first-order valence-corrected chi connectivity index (χ1v) is 13.9. The van der Waals surface area contributed by atoms with Crippen LogP contribution in [0.2, 0.25) is 0 Å². The summed E-state index contributed by atoms with van der Waals surface area (Å²) in [6.45, 7) is 5.97. The van der Waals surface area contributed by atoms with Crippen LogP contribution in [0.1, 0.15) is 44.6 Å². The largest absolute Gasteiger partial charge is 0.446 e. The maximum atomic E-state index is 12.5. The van der Waals surface area contributed by atoms with Crippen LogP contribution in [0.25, 0.3) is 0 Å². The first kappa shape index (κ1) is 24.1. The lowest BCUT2D eigenvalue weighted by atomic mass is 9.85. The third-order valence-electron chi connectivity index (χ3n) is 6.47. The molecule has 10 nitrogen and oxygen atoms in total. The lowest BCUT2D eigenvalue weighted by molar-refractivity contribution is -0.0658. The number of hydrogen-bond acceptors (Lipinski definition) is 9. The van der Waals surface area contributed by atoms with Gasteiger partial charge in [0.1, 0.15) is 17.7 Å². The fourth-order valence-electron chi connectivity index (χ4n) is 4.88. The predicted octanol–water partition coefficient (Wildman–Crippen LogP) is 4.09. The van der Waals surface area contributed by atoms with E-state index < -0.39 is 6.09 Å². The molecule has 0 aliphatic carbocycles. The molecule has 2 fully saturated rings. The van der Waals surface area contributed by atoms with Crippen molar-refractivity contribution in [2.45, 2.75) is 56.8 Å². The van der Waals surface area contributed by atoms with Gasteiger partial charge in [0.2, 0.25) is 5.95 Å². The highest BCUT2D eigenvalue weighted by atomic mass is 32.2. The molecule has 0 radical (unpaired) electrons. The van der Waals surface area contributed by atoms with Gasteiger partial charge in [0.25, 0.3) is 0 Å². The average molecular weight is 501 g/mol. The number of pyridine rings is 1. The maximum absolute atomic E-state index is 12.5. The lowest BCUT2D eigenvalue weighted by Gasteiger charge is -2.40. The zero-order valence-corrected chi connectivity index (χ0v) is 21.4. The van der Waals surface area contributed by atoms with Gasteiger partial charge in [-0.3, -0.25) is 5.32 Å². The average Bonchev–Trinajstić information content (AvgIpc) is 3.10. The van der Waals surface area contributed by atoms with Crippen molar-refractivity contribution >= 4 is 40.2 Å². The molecule has 0 spiro atoms. The molecule has 188 valence electrons. The van der Waals surface area contributed by atoms with E-state index in [1.807, 2.05) is 18.2 Å². The van der Waals surface area contributed by atoms with E-state index in [9.17, 15) is 4.79 Å². The van der Waals surface area contributed by atoms with Gasteiger partial charge in [-0.15, -0.1) is 0 Å². The van der Waals surface area contributed by atoms with Crippen molar-refractivity contribution in [3.8, 4) is 0 Å². The lowest BCUT2D eigenvalue weighted by Crippen LogP contribution is -2.45. The molecule has 1 amide bonds. The van der Waals surface area contributed by atoms with Gasteiger partial charge in [0.05, 0.1) is 25.4 Å². The highest BCUT2D eigenvalue weighted by Gasteiger charge is 2.47. The minimum atomic E-state index is -0.555. The quantitative estimate of drug-likeness (QED) is 0.668. The Bertz CT molecular complexity index is 1130. The third-order valence-corrected chi connectivity index (χ3v) is 7.02. The number of ether oxygens (including phenoxy) is 3. The number of fused-ring (bicyclic) bond motifs is 3. The Balaban J connectivity index is 1.46. The minimum absolute atomic E-state index is 0.107. The van der Waals surface area contributed by atoms with Crippen LogP contribution < -0.4 is 10.2 Å². The second-order valence-electron chi connectivity index (χ2n) is 9.85. The topological polar surface area (TPSA) is 111 Å². The molecule has 5 rings (SSSR count). The number of carbonyl (C=O) groups is 1. The number of hydrogen-bond donors (Lipinski definition) is 1. The van der Waals surface area contributed by atoms with E-state index in [-0.39, 0.29) is 40.3 Å². The number of nitrogens with one attached hydrogen (secondary N) is 1. The molecule has 2 aromatic heterocycles. The second-order valence-corrected chi connectivity index (χ2v) is 11.6.